The third-order valence-electron chi connectivity index (χ3n) is 3.75. The van der Waals surface area contributed by atoms with Crippen molar-refractivity contribution in [1.82, 2.24) is 5.32 Å². The predicted molar refractivity (Wildman–Crippen MR) is 81.5 cm³/mol. The van der Waals surface area contributed by atoms with E-state index < -0.39 is 5.97 Å². The summed E-state index contributed by atoms with van der Waals surface area (Å²) >= 11 is 0. The highest BCUT2D eigenvalue weighted by Crippen LogP contribution is 2.31. The second kappa shape index (κ2) is 7.11. The Balaban J connectivity index is 1.77. The summed E-state index contributed by atoms with van der Waals surface area (Å²) in [7, 11) is 0. The standard InChI is InChI=1S/C16H22N2O3/c1-11(10-15(19)20)13-4-6-14(7-5-13)18-16(21)17-9-8-12-2-3-12/h4-7,11-12H,2-3,8-10H2,1H3,(H,19,20)(H2,17,18,21). The Bertz CT molecular complexity index is 495. The number of benzene rings is 1. The van der Waals surface area contributed by atoms with E-state index in [-0.39, 0.29) is 18.4 Å². The Hall–Kier alpha value is -2.04. The summed E-state index contributed by atoms with van der Waals surface area (Å²) in [6.45, 7) is 2.59. The Morgan fingerprint density at radius 3 is 2.52 bits per heavy atom. The lowest BCUT2D eigenvalue weighted by Crippen LogP contribution is -2.29. The Morgan fingerprint density at radius 1 is 1.29 bits per heavy atom. The molecular weight excluding hydrogens is 268 g/mol. The number of aliphatic carboxylic acids is 1. The van der Waals surface area contributed by atoms with Gasteiger partial charge in [-0.15, -0.1) is 0 Å². The summed E-state index contributed by atoms with van der Waals surface area (Å²) in [6, 6.07) is 7.12. The average molecular weight is 290 g/mol. The van der Waals surface area contributed by atoms with Gasteiger partial charge in [0, 0.05) is 12.2 Å². The summed E-state index contributed by atoms with van der Waals surface area (Å²) < 4.78 is 0. The lowest BCUT2D eigenvalue weighted by atomic mass is 9.98. The second-order valence-corrected chi connectivity index (χ2v) is 5.73. The molecule has 1 atom stereocenters. The molecule has 3 N–H and O–H groups in total. The van der Waals surface area contributed by atoms with Gasteiger partial charge < -0.3 is 15.7 Å². The molecule has 2 rings (SSSR count). The van der Waals surface area contributed by atoms with Gasteiger partial charge in [-0.1, -0.05) is 31.9 Å². The van der Waals surface area contributed by atoms with Gasteiger partial charge in [-0.2, -0.15) is 0 Å². The molecule has 5 heteroatoms. The molecule has 0 aromatic heterocycles. The van der Waals surface area contributed by atoms with Crippen LogP contribution in [0.3, 0.4) is 0 Å². The van der Waals surface area contributed by atoms with Crippen LogP contribution in [0.1, 0.15) is 44.1 Å². The number of carboxylic acids is 1. The Morgan fingerprint density at radius 2 is 1.95 bits per heavy atom. The number of carbonyl (C=O) groups excluding carboxylic acids is 1. The highest BCUT2D eigenvalue weighted by Gasteiger charge is 2.20. The number of hydrogen-bond donors (Lipinski definition) is 3. The summed E-state index contributed by atoms with van der Waals surface area (Å²) in [4.78, 5) is 22.4. The van der Waals surface area contributed by atoms with Crippen LogP contribution in [0.2, 0.25) is 0 Å². The van der Waals surface area contributed by atoms with E-state index in [2.05, 4.69) is 10.6 Å². The first-order chi connectivity index (χ1) is 10.0. The molecule has 0 radical (unpaired) electrons. The molecule has 1 aliphatic rings. The largest absolute Gasteiger partial charge is 0.481 e. The minimum Gasteiger partial charge on any atom is -0.481 e. The molecule has 0 heterocycles. The fraction of sp³-hybridized carbons (Fsp3) is 0.500. The van der Waals surface area contributed by atoms with Crippen molar-refractivity contribution in [1.29, 1.82) is 0 Å². The van der Waals surface area contributed by atoms with E-state index in [1.807, 2.05) is 19.1 Å². The number of hydrogen-bond acceptors (Lipinski definition) is 2. The Kier molecular flexibility index (Phi) is 5.20. The van der Waals surface area contributed by atoms with E-state index in [0.717, 1.165) is 17.9 Å². The lowest BCUT2D eigenvalue weighted by molar-refractivity contribution is -0.137. The van der Waals surface area contributed by atoms with E-state index in [4.69, 9.17) is 5.11 Å². The first-order valence-electron chi connectivity index (χ1n) is 7.41. The van der Waals surface area contributed by atoms with E-state index in [9.17, 15) is 9.59 Å². The smallest absolute Gasteiger partial charge is 0.319 e. The quantitative estimate of drug-likeness (QED) is 0.721. The molecule has 5 nitrogen and oxygen atoms in total. The molecule has 1 saturated carbocycles. The molecule has 2 amide bonds. The third-order valence-corrected chi connectivity index (χ3v) is 3.75. The number of amides is 2. The van der Waals surface area contributed by atoms with Crippen molar-refractivity contribution < 1.29 is 14.7 Å². The molecule has 1 aromatic carbocycles. The topological polar surface area (TPSA) is 78.4 Å². The van der Waals surface area contributed by atoms with Gasteiger partial charge in [-0.25, -0.2) is 4.79 Å². The van der Waals surface area contributed by atoms with Crippen LogP contribution >= 0.6 is 0 Å². The van der Waals surface area contributed by atoms with Gasteiger partial charge in [-0.3, -0.25) is 4.79 Å². The number of nitrogens with one attached hydrogen (secondary N) is 2. The average Bonchev–Trinajstić information content (AvgIpc) is 3.23. The highest BCUT2D eigenvalue weighted by atomic mass is 16.4. The van der Waals surface area contributed by atoms with Crippen LogP contribution in [-0.4, -0.2) is 23.7 Å². The summed E-state index contributed by atoms with van der Waals surface area (Å²) in [5.74, 6) is -0.0380. The Labute approximate surface area is 124 Å². The lowest BCUT2D eigenvalue weighted by Gasteiger charge is -2.11. The van der Waals surface area contributed by atoms with E-state index in [1.54, 1.807) is 12.1 Å². The zero-order chi connectivity index (χ0) is 15.2. The van der Waals surface area contributed by atoms with E-state index in [1.165, 1.54) is 12.8 Å². The first-order valence-corrected chi connectivity index (χ1v) is 7.41. The van der Waals surface area contributed by atoms with Crippen molar-refractivity contribution in [2.24, 2.45) is 5.92 Å². The molecule has 0 saturated heterocycles. The van der Waals surface area contributed by atoms with E-state index >= 15 is 0 Å². The summed E-state index contributed by atoms with van der Waals surface area (Å²) in [5.41, 5.74) is 1.67. The molecule has 114 valence electrons. The summed E-state index contributed by atoms with van der Waals surface area (Å²) in [5, 5.41) is 14.4. The maximum Gasteiger partial charge on any atom is 0.319 e. The van der Waals surface area contributed by atoms with Gasteiger partial charge in [0.25, 0.3) is 0 Å². The van der Waals surface area contributed by atoms with Crippen molar-refractivity contribution in [2.75, 3.05) is 11.9 Å². The van der Waals surface area contributed by atoms with Gasteiger partial charge in [-0.05, 0) is 36.0 Å². The normalized spacial score (nSPS) is 15.3. The molecule has 0 spiro atoms. The number of anilines is 1. The SMILES string of the molecule is CC(CC(=O)O)c1ccc(NC(=O)NCCC2CC2)cc1. The predicted octanol–water partition coefficient (Wildman–Crippen LogP) is 3.19. The first kappa shape index (κ1) is 15.4. The molecule has 0 aliphatic heterocycles. The van der Waals surface area contributed by atoms with Crippen molar-refractivity contribution >= 4 is 17.7 Å². The highest BCUT2D eigenvalue weighted by molar-refractivity contribution is 5.89. The van der Waals surface area contributed by atoms with Gasteiger partial charge in [0.2, 0.25) is 0 Å². The number of carbonyl (C=O) groups is 2. The minimum atomic E-state index is -0.806. The number of rotatable bonds is 7. The molecule has 1 aromatic rings. The number of urea groups is 1. The zero-order valence-electron chi connectivity index (χ0n) is 12.3. The monoisotopic (exact) mass is 290 g/mol. The third kappa shape index (κ3) is 5.45. The van der Waals surface area contributed by atoms with Gasteiger partial charge >= 0.3 is 12.0 Å². The zero-order valence-corrected chi connectivity index (χ0v) is 12.3. The van der Waals surface area contributed by atoms with Crippen LogP contribution in [-0.2, 0) is 4.79 Å². The van der Waals surface area contributed by atoms with Crippen molar-refractivity contribution in [3.05, 3.63) is 29.8 Å². The van der Waals surface area contributed by atoms with Crippen LogP contribution in [0.15, 0.2) is 24.3 Å². The van der Waals surface area contributed by atoms with E-state index in [0.29, 0.717) is 12.2 Å². The summed E-state index contributed by atoms with van der Waals surface area (Å²) in [6.07, 6.45) is 3.74. The van der Waals surface area contributed by atoms with Crippen LogP contribution in [0.5, 0.6) is 0 Å². The maximum atomic E-state index is 11.7. The molecule has 1 fully saturated rings. The van der Waals surface area contributed by atoms with Crippen molar-refractivity contribution in [3.8, 4) is 0 Å². The minimum absolute atomic E-state index is 0.0380. The molecule has 1 unspecified atom stereocenters. The van der Waals surface area contributed by atoms with Crippen LogP contribution < -0.4 is 10.6 Å². The molecule has 1 aliphatic carbocycles. The molecular formula is C16H22N2O3. The van der Waals surface area contributed by atoms with Gasteiger partial charge in [0.15, 0.2) is 0 Å². The van der Waals surface area contributed by atoms with Gasteiger partial charge in [0.05, 0.1) is 6.42 Å². The molecule has 0 bridgehead atoms. The van der Waals surface area contributed by atoms with Crippen molar-refractivity contribution in [3.63, 3.8) is 0 Å². The maximum absolute atomic E-state index is 11.7. The van der Waals surface area contributed by atoms with Crippen LogP contribution in [0, 0.1) is 5.92 Å². The van der Waals surface area contributed by atoms with Crippen molar-refractivity contribution in [2.45, 2.75) is 38.5 Å². The molecule has 21 heavy (non-hydrogen) atoms. The number of carboxylic acid groups (broad SMARTS) is 1. The second-order valence-electron chi connectivity index (χ2n) is 5.73. The van der Waals surface area contributed by atoms with Gasteiger partial charge in [0.1, 0.15) is 0 Å². The van der Waals surface area contributed by atoms with Crippen LogP contribution in [0.4, 0.5) is 10.5 Å². The van der Waals surface area contributed by atoms with Crippen LogP contribution in [0.25, 0.3) is 0 Å². The fourth-order valence-electron chi connectivity index (χ4n) is 2.25. The fourth-order valence-corrected chi connectivity index (χ4v) is 2.25.